The van der Waals surface area contributed by atoms with Crippen molar-refractivity contribution >= 4 is 11.6 Å². The Labute approximate surface area is 55.2 Å². The van der Waals surface area contributed by atoms with E-state index in [1.807, 2.05) is 0 Å². The molecule has 52 valence electrons. The molecule has 0 aromatic rings. The Morgan fingerprint density at radius 1 is 1.56 bits per heavy atom. The van der Waals surface area contributed by atoms with E-state index in [9.17, 15) is 4.79 Å². The zero-order valence-corrected chi connectivity index (χ0v) is 6.06. The van der Waals surface area contributed by atoms with E-state index in [0.717, 1.165) is 0 Å². The molecule has 0 radical (unpaired) electrons. The van der Waals surface area contributed by atoms with Gasteiger partial charge in [0.1, 0.15) is 0 Å². The molecule has 0 aromatic carbocycles. The van der Waals surface area contributed by atoms with Crippen molar-refractivity contribution in [2.24, 2.45) is 0 Å². The Morgan fingerprint density at radius 3 is 2.11 bits per heavy atom. The molecule has 0 fully saturated rings. The van der Waals surface area contributed by atoms with Crippen LogP contribution in [0.3, 0.4) is 0 Å². The van der Waals surface area contributed by atoms with E-state index in [0.29, 0.717) is 5.71 Å². The van der Waals surface area contributed by atoms with E-state index in [-0.39, 0.29) is 12.3 Å². The van der Waals surface area contributed by atoms with Gasteiger partial charge in [-0.25, -0.2) is 0 Å². The summed E-state index contributed by atoms with van der Waals surface area (Å²) < 4.78 is 0. The fraction of sp³-hybridized carbons (Fsp3) is 0.667. The number of hydrogen-bond donors (Lipinski definition) is 1. The fourth-order valence-electron chi connectivity index (χ4n) is 0.385. The molecule has 0 aliphatic heterocycles. The standard InChI is InChI=1S/C6H12N2O/c1-5(7)4-6(9)8(2)3/h7H,4H2,1-3H3. The molecule has 1 N–H and O–H groups in total. The van der Waals surface area contributed by atoms with Crippen molar-refractivity contribution in [1.82, 2.24) is 4.90 Å². The van der Waals surface area contributed by atoms with Crippen molar-refractivity contribution in [3.8, 4) is 0 Å². The summed E-state index contributed by atoms with van der Waals surface area (Å²) >= 11 is 0. The molecule has 0 rings (SSSR count). The van der Waals surface area contributed by atoms with Crippen molar-refractivity contribution in [3.63, 3.8) is 0 Å². The molecule has 9 heavy (non-hydrogen) atoms. The summed E-state index contributed by atoms with van der Waals surface area (Å²) in [5, 5.41) is 6.97. The van der Waals surface area contributed by atoms with Crippen molar-refractivity contribution < 1.29 is 4.79 Å². The third-order valence-corrected chi connectivity index (χ3v) is 0.915. The van der Waals surface area contributed by atoms with Crippen LogP contribution in [0.2, 0.25) is 0 Å². The average Bonchev–Trinajstić information content (AvgIpc) is 1.63. The predicted molar refractivity (Wildman–Crippen MR) is 36.7 cm³/mol. The highest BCUT2D eigenvalue weighted by atomic mass is 16.2. The van der Waals surface area contributed by atoms with Crippen LogP contribution < -0.4 is 0 Å². The lowest BCUT2D eigenvalue weighted by Crippen LogP contribution is -2.23. The molecule has 1 amide bonds. The highest BCUT2D eigenvalue weighted by Crippen LogP contribution is 1.87. The van der Waals surface area contributed by atoms with Crippen LogP contribution >= 0.6 is 0 Å². The Bertz CT molecular complexity index is 129. The second-order valence-corrected chi connectivity index (χ2v) is 2.25. The van der Waals surface area contributed by atoms with Crippen LogP contribution in [0.25, 0.3) is 0 Å². The zero-order valence-electron chi connectivity index (χ0n) is 6.06. The lowest BCUT2D eigenvalue weighted by Gasteiger charge is -2.07. The molecule has 3 heteroatoms. The highest BCUT2D eigenvalue weighted by Gasteiger charge is 2.02. The monoisotopic (exact) mass is 128 g/mol. The first kappa shape index (κ1) is 8.14. The van der Waals surface area contributed by atoms with Gasteiger partial charge in [0.15, 0.2) is 0 Å². The number of nitrogens with zero attached hydrogens (tertiary/aromatic N) is 1. The van der Waals surface area contributed by atoms with Crippen LogP contribution in [0, 0.1) is 5.41 Å². The topological polar surface area (TPSA) is 44.2 Å². The summed E-state index contributed by atoms with van der Waals surface area (Å²) in [5.74, 6) is -0.0116. The summed E-state index contributed by atoms with van der Waals surface area (Å²) in [7, 11) is 3.37. The number of nitrogens with one attached hydrogen (secondary N) is 1. The Balaban J connectivity index is 3.64. The lowest BCUT2D eigenvalue weighted by molar-refractivity contribution is -0.127. The van der Waals surface area contributed by atoms with Gasteiger partial charge in [-0.15, -0.1) is 0 Å². The maximum absolute atomic E-state index is 10.7. The summed E-state index contributed by atoms with van der Waals surface area (Å²) in [5.41, 5.74) is 0.411. The molecule has 0 heterocycles. The van der Waals surface area contributed by atoms with Gasteiger partial charge < -0.3 is 10.3 Å². The molecule has 0 saturated carbocycles. The van der Waals surface area contributed by atoms with Crippen LogP contribution in [-0.2, 0) is 4.79 Å². The van der Waals surface area contributed by atoms with Gasteiger partial charge in [-0.2, -0.15) is 0 Å². The normalized spacial score (nSPS) is 8.78. The van der Waals surface area contributed by atoms with Gasteiger partial charge in [0.05, 0.1) is 6.42 Å². The van der Waals surface area contributed by atoms with E-state index in [4.69, 9.17) is 5.41 Å². The smallest absolute Gasteiger partial charge is 0.227 e. The quantitative estimate of drug-likeness (QED) is 0.541. The van der Waals surface area contributed by atoms with E-state index in [1.165, 1.54) is 4.90 Å². The molecule has 0 unspecified atom stereocenters. The number of rotatable bonds is 2. The SMILES string of the molecule is CC(=N)CC(=O)N(C)C. The first-order valence-electron chi connectivity index (χ1n) is 2.78. The zero-order chi connectivity index (χ0) is 7.44. The molecule has 0 spiro atoms. The molecule has 0 aromatic heterocycles. The Morgan fingerprint density at radius 2 is 2.00 bits per heavy atom. The van der Waals surface area contributed by atoms with E-state index in [2.05, 4.69) is 0 Å². The van der Waals surface area contributed by atoms with Gasteiger partial charge in [0.25, 0.3) is 0 Å². The molecule has 0 bridgehead atoms. The van der Waals surface area contributed by atoms with Crippen molar-refractivity contribution in [2.75, 3.05) is 14.1 Å². The second-order valence-electron chi connectivity index (χ2n) is 2.25. The van der Waals surface area contributed by atoms with Crippen LogP contribution in [0.4, 0.5) is 0 Å². The molecule has 3 nitrogen and oxygen atoms in total. The van der Waals surface area contributed by atoms with Crippen LogP contribution in [0.1, 0.15) is 13.3 Å². The average molecular weight is 128 g/mol. The van der Waals surface area contributed by atoms with Crippen molar-refractivity contribution in [2.45, 2.75) is 13.3 Å². The molecule has 0 aliphatic carbocycles. The Kier molecular flexibility index (Phi) is 2.91. The van der Waals surface area contributed by atoms with Gasteiger partial charge >= 0.3 is 0 Å². The van der Waals surface area contributed by atoms with E-state index in [1.54, 1.807) is 21.0 Å². The molecule has 0 saturated heterocycles. The summed E-state index contributed by atoms with van der Waals surface area (Å²) in [6.07, 6.45) is 0.243. The number of carbonyl (C=O) groups excluding carboxylic acids is 1. The lowest BCUT2D eigenvalue weighted by atomic mass is 10.3. The van der Waals surface area contributed by atoms with Crippen LogP contribution in [0.5, 0.6) is 0 Å². The van der Waals surface area contributed by atoms with Crippen LogP contribution in [-0.4, -0.2) is 30.6 Å². The van der Waals surface area contributed by atoms with Gasteiger partial charge in [0.2, 0.25) is 5.91 Å². The number of carbonyl (C=O) groups is 1. The van der Waals surface area contributed by atoms with E-state index < -0.39 is 0 Å². The minimum atomic E-state index is -0.0116. The first-order valence-corrected chi connectivity index (χ1v) is 2.78. The molecule has 0 atom stereocenters. The summed E-state index contributed by atoms with van der Waals surface area (Å²) in [6.45, 7) is 1.63. The highest BCUT2D eigenvalue weighted by molar-refractivity contribution is 5.97. The van der Waals surface area contributed by atoms with Gasteiger partial charge in [0, 0.05) is 19.8 Å². The molecule has 0 aliphatic rings. The predicted octanol–water partition coefficient (Wildman–Crippen LogP) is 0.504. The second kappa shape index (κ2) is 3.22. The first-order chi connectivity index (χ1) is 4.04. The minimum Gasteiger partial charge on any atom is -0.348 e. The molecular formula is C6H12N2O. The largest absolute Gasteiger partial charge is 0.348 e. The Hall–Kier alpha value is -0.860. The maximum atomic E-state index is 10.7. The van der Waals surface area contributed by atoms with Gasteiger partial charge in [-0.05, 0) is 6.92 Å². The number of hydrogen-bond acceptors (Lipinski definition) is 2. The van der Waals surface area contributed by atoms with E-state index >= 15 is 0 Å². The number of amides is 1. The third kappa shape index (κ3) is 3.70. The fourth-order valence-corrected chi connectivity index (χ4v) is 0.385. The van der Waals surface area contributed by atoms with Gasteiger partial charge in [-0.1, -0.05) is 0 Å². The summed E-state index contributed by atoms with van der Waals surface area (Å²) in [4.78, 5) is 12.2. The van der Waals surface area contributed by atoms with Crippen LogP contribution in [0.15, 0.2) is 0 Å². The van der Waals surface area contributed by atoms with Gasteiger partial charge in [-0.3, -0.25) is 4.79 Å². The third-order valence-electron chi connectivity index (χ3n) is 0.915. The molecular weight excluding hydrogens is 116 g/mol. The minimum absolute atomic E-state index is 0.0116. The maximum Gasteiger partial charge on any atom is 0.227 e. The summed E-state index contributed by atoms with van der Waals surface area (Å²) in [6, 6.07) is 0. The van der Waals surface area contributed by atoms with Crippen molar-refractivity contribution in [1.29, 1.82) is 5.41 Å². The van der Waals surface area contributed by atoms with Crippen molar-refractivity contribution in [3.05, 3.63) is 0 Å².